The predicted molar refractivity (Wildman–Crippen MR) is 127 cm³/mol. The van der Waals surface area contributed by atoms with Crippen molar-refractivity contribution in [1.82, 2.24) is 9.21 Å². The number of rotatable bonds is 8. The lowest BCUT2D eigenvalue weighted by molar-refractivity contribution is -0.121. The lowest BCUT2D eigenvalue weighted by Gasteiger charge is -2.46. The van der Waals surface area contributed by atoms with Gasteiger partial charge < -0.3 is 15.5 Å². The van der Waals surface area contributed by atoms with Crippen LogP contribution >= 0.6 is 10.7 Å². The van der Waals surface area contributed by atoms with E-state index in [9.17, 15) is 9.59 Å². The molecule has 0 saturated carbocycles. The van der Waals surface area contributed by atoms with Crippen molar-refractivity contribution in [3.63, 3.8) is 0 Å². The molecular weight excluding hydrogens is 396 g/mol. The predicted octanol–water partition coefficient (Wildman–Crippen LogP) is 2.75. The van der Waals surface area contributed by atoms with E-state index in [1.54, 1.807) is 6.92 Å². The zero-order chi connectivity index (χ0) is 21.7. The molecule has 166 valence electrons. The Morgan fingerprint density at radius 3 is 2.17 bits per heavy atom. The number of amides is 1. The summed E-state index contributed by atoms with van der Waals surface area (Å²) >= 11 is 0. The number of carbonyl (C=O) groups is 2. The van der Waals surface area contributed by atoms with E-state index in [1.165, 1.54) is 12.8 Å². The van der Waals surface area contributed by atoms with Crippen LogP contribution < -0.4 is 10.6 Å². The van der Waals surface area contributed by atoms with Crippen LogP contribution in [-0.2, 0) is 4.79 Å². The van der Waals surface area contributed by atoms with Crippen LogP contribution in [0.1, 0.15) is 49.9 Å². The monoisotopic (exact) mass is 432 g/mol. The molecule has 2 saturated heterocycles. The quantitative estimate of drug-likeness (QED) is 0.505. The molecule has 0 bridgehead atoms. The highest BCUT2D eigenvalue weighted by molar-refractivity contribution is 8.13. The fourth-order valence-corrected chi connectivity index (χ4v) is 6.42. The third-order valence-corrected chi connectivity index (χ3v) is 9.08. The number of likely N-dealkylation sites (tertiary alicyclic amines) is 1. The van der Waals surface area contributed by atoms with E-state index in [0.29, 0.717) is 0 Å². The minimum atomic E-state index is -0.506. The Morgan fingerprint density at radius 1 is 1.07 bits per heavy atom. The van der Waals surface area contributed by atoms with Gasteiger partial charge >= 0.3 is 0 Å². The fraction of sp³-hybridized carbons (Fsp3) is 0.609. The van der Waals surface area contributed by atoms with Gasteiger partial charge in [-0.1, -0.05) is 19.2 Å². The molecule has 30 heavy (non-hydrogen) atoms. The molecule has 1 amide bonds. The third kappa shape index (κ3) is 4.95. The summed E-state index contributed by atoms with van der Waals surface area (Å²) in [7, 11) is -0.423. The van der Waals surface area contributed by atoms with Crippen LogP contribution in [0, 0.1) is 0 Å². The van der Waals surface area contributed by atoms with Gasteiger partial charge in [0.2, 0.25) is 5.91 Å². The lowest BCUT2D eigenvalue weighted by Crippen LogP contribution is -2.55. The van der Waals surface area contributed by atoms with Gasteiger partial charge in [0.15, 0.2) is 5.78 Å². The van der Waals surface area contributed by atoms with Crippen molar-refractivity contribution in [3.8, 4) is 0 Å². The van der Waals surface area contributed by atoms with E-state index >= 15 is 0 Å². The molecule has 2 aliphatic heterocycles. The molecule has 1 aromatic rings. The number of benzene rings is 1. The summed E-state index contributed by atoms with van der Waals surface area (Å²) in [4.78, 5) is 28.8. The highest BCUT2D eigenvalue weighted by atomic mass is 32.2. The number of hydrogen-bond acceptors (Lipinski definition) is 5. The van der Waals surface area contributed by atoms with Gasteiger partial charge in [0.1, 0.15) is 4.75 Å². The van der Waals surface area contributed by atoms with E-state index in [-0.39, 0.29) is 11.7 Å². The van der Waals surface area contributed by atoms with Gasteiger partial charge in [-0.25, -0.2) is 0 Å². The second kappa shape index (κ2) is 10.1. The summed E-state index contributed by atoms with van der Waals surface area (Å²) in [5.41, 5.74) is 7.83. The van der Waals surface area contributed by atoms with Gasteiger partial charge in [0.25, 0.3) is 0 Å². The summed E-state index contributed by atoms with van der Waals surface area (Å²) in [5.74, 6) is 4.38. The number of primary amides is 1. The SMILES string of the molecule is C=S(N1CCN(c2ccc(C(C)=O)cc2)CC1)C1(C(N)=O)CCN(CCCC)CC1. The minimum Gasteiger partial charge on any atom is -0.369 e. The first-order valence-electron chi connectivity index (χ1n) is 11.0. The number of piperidine rings is 1. The molecule has 1 atom stereocenters. The average molecular weight is 433 g/mol. The molecule has 0 aliphatic carbocycles. The van der Waals surface area contributed by atoms with Crippen LogP contribution in [0.15, 0.2) is 24.3 Å². The van der Waals surface area contributed by atoms with E-state index in [1.807, 2.05) is 24.3 Å². The fourth-order valence-electron chi connectivity index (χ4n) is 4.44. The second-order valence-corrected chi connectivity index (χ2v) is 10.5. The van der Waals surface area contributed by atoms with Gasteiger partial charge in [-0.3, -0.25) is 13.9 Å². The molecule has 0 radical (unpaired) electrons. The van der Waals surface area contributed by atoms with Crippen LogP contribution in [0.25, 0.3) is 0 Å². The van der Waals surface area contributed by atoms with Crippen molar-refractivity contribution < 1.29 is 9.59 Å². The number of carbonyl (C=O) groups excluding carboxylic acids is 2. The molecule has 2 heterocycles. The molecule has 0 aromatic heterocycles. The number of unbranched alkanes of at least 4 members (excludes halogenated alkanes) is 1. The van der Waals surface area contributed by atoms with Gasteiger partial charge in [-0.05, 0) is 70.1 Å². The molecule has 1 unspecified atom stereocenters. The Kier molecular flexibility index (Phi) is 7.71. The topological polar surface area (TPSA) is 69.9 Å². The van der Waals surface area contributed by atoms with Crippen molar-refractivity contribution in [2.24, 2.45) is 5.73 Å². The Morgan fingerprint density at radius 2 is 1.67 bits per heavy atom. The van der Waals surface area contributed by atoms with Gasteiger partial charge in [0.05, 0.1) is 0 Å². The van der Waals surface area contributed by atoms with E-state index in [2.05, 4.69) is 26.9 Å². The van der Waals surface area contributed by atoms with Crippen molar-refractivity contribution in [3.05, 3.63) is 29.8 Å². The van der Waals surface area contributed by atoms with Crippen molar-refractivity contribution in [2.45, 2.75) is 44.3 Å². The summed E-state index contributed by atoms with van der Waals surface area (Å²) in [6.07, 6.45) is 4.02. The Bertz CT molecular complexity index is 764. The number of ketones is 1. The Hall–Kier alpha value is -1.70. The number of nitrogens with two attached hydrogens (primary N) is 1. The smallest absolute Gasteiger partial charge is 0.234 e. The normalized spacial score (nSPS) is 21.3. The van der Waals surface area contributed by atoms with Crippen molar-refractivity contribution in [2.75, 3.05) is 50.7 Å². The molecule has 1 aromatic carbocycles. The first-order valence-corrected chi connectivity index (χ1v) is 12.4. The van der Waals surface area contributed by atoms with Gasteiger partial charge in [0, 0.05) is 37.4 Å². The summed E-state index contributed by atoms with van der Waals surface area (Å²) < 4.78 is 1.86. The number of nitrogens with zero attached hydrogens (tertiary/aromatic N) is 3. The van der Waals surface area contributed by atoms with Crippen LogP contribution in [0.5, 0.6) is 0 Å². The third-order valence-electron chi connectivity index (χ3n) is 6.58. The zero-order valence-corrected chi connectivity index (χ0v) is 19.3. The number of anilines is 1. The van der Waals surface area contributed by atoms with Crippen molar-refractivity contribution >= 4 is 33.9 Å². The van der Waals surface area contributed by atoms with E-state index in [4.69, 9.17) is 5.73 Å². The standard InChI is InChI=1S/C23H36N4O2S/c1-4-5-12-25-13-10-23(11-14-25,22(24)29)30(3)27-17-15-26(16-18-27)21-8-6-20(7-9-21)19(2)28/h6-9H,3-5,10-18H2,1-2H3,(H2,24,29). The molecule has 6 nitrogen and oxygen atoms in total. The van der Waals surface area contributed by atoms with Gasteiger partial charge in [-0.2, -0.15) is 0 Å². The average Bonchev–Trinajstić information content (AvgIpc) is 2.77. The summed E-state index contributed by atoms with van der Waals surface area (Å²) in [6.45, 7) is 10.3. The lowest BCUT2D eigenvalue weighted by atomic mass is 9.95. The van der Waals surface area contributed by atoms with Crippen molar-refractivity contribution in [1.29, 1.82) is 0 Å². The largest absolute Gasteiger partial charge is 0.369 e. The van der Waals surface area contributed by atoms with Crippen LogP contribution in [0.4, 0.5) is 5.69 Å². The molecule has 3 rings (SSSR count). The van der Waals surface area contributed by atoms with E-state index < -0.39 is 15.4 Å². The maximum atomic E-state index is 12.6. The van der Waals surface area contributed by atoms with E-state index in [0.717, 1.165) is 69.9 Å². The van der Waals surface area contributed by atoms with Gasteiger partial charge in [-0.15, -0.1) is 10.7 Å². The molecular formula is C23H36N4O2S. The summed E-state index contributed by atoms with van der Waals surface area (Å²) in [6, 6.07) is 7.83. The maximum Gasteiger partial charge on any atom is 0.234 e. The molecule has 2 fully saturated rings. The Balaban J connectivity index is 1.60. The minimum absolute atomic E-state index is 0.0879. The second-order valence-electron chi connectivity index (χ2n) is 8.44. The summed E-state index contributed by atoms with van der Waals surface area (Å²) in [5, 5.41) is 0. The molecule has 2 N–H and O–H groups in total. The van der Waals surface area contributed by atoms with Crippen LogP contribution in [0.3, 0.4) is 0 Å². The van der Waals surface area contributed by atoms with Crippen LogP contribution in [0.2, 0.25) is 0 Å². The number of piperazine rings is 1. The molecule has 7 heteroatoms. The number of Topliss-reactive ketones (excluding diaryl/α,β-unsaturated/α-hetero) is 1. The Labute approximate surface area is 183 Å². The zero-order valence-electron chi connectivity index (χ0n) is 18.4. The number of hydrogen-bond donors (Lipinski definition) is 1. The highest BCUT2D eigenvalue weighted by Crippen LogP contribution is 2.43. The molecule has 2 aliphatic rings. The first kappa shape index (κ1) is 23.0. The maximum absolute atomic E-state index is 12.6. The highest BCUT2D eigenvalue weighted by Gasteiger charge is 2.44. The van der Waals surface area contributed by atoms with Crippen LogP contribution in [-0.4, -0.2) is 77.3 Å². The first-order chi connectivity index (χ1) is 14.4. The molecule has 0 spiro atoms.